The zero-order valence-corrected chi connectivity index (χ0v) is 10.9. The smallest absolute Gasteiger partial charge is 0.0951 e. The lowest BCUT2D eigenvalue weighted by Gasteiger charge is -2.13. The second kappa shape index (κ2) is 5.12. The topological polar surface area (TPSA) is 29.9 Å². The quantitative estimate of drug-likeness (QED) is 0.921. The molecule has 94 valence electrons. The summed E-state index contributed by atoms with van der Waals surface area (Å²) in [5, 5.41) is 4.22. The molecule has 1 atom stereocenters. The molecule has 2 heterocycles. The largest absolute Gasteiger partial charge is 0.330 e. The van der Waals surface area contributed by atoms with Gasteiger partial charge in [-0.2, -0.15) is 0 Å². The Morgan fingerprint density at radius 2 is 2.28 bits per heavy atom. The lowest BCUT2D eigenvalue weighted by molar-refractivity contribution is 0.654. The molecule has 18 heavy (non-hydrogen) atoms. The number of benzene rings is 1. The lowest BCUT2D eigenvalue weighted by atomic mass is 10.1. The Morgan fingerprint density at radius 3 is 3.06 bits per heavy atom. The van der Waals surface area contributed by atoms with Crippen molar-refractivity contribution in [1.82, 2.24) is 14.9 Å². The van der Waals surface area contributed by atoms with Crippen molar-refractivity contribution in [1.29, 1.82) is 0 Å². The van der Waals surface area contributed by atoms with Crippen molar-refractivity contribution in [2.75, 3.05) is 13.1 Å². The number of nitrogens with zero attached hydrogens (tertiary/aromatic N) is 2. The standard InChI is InChI=1S/C14H16ClN3/c15-13-4-2-1-3-12(13)9-18-10-17-8-14(18)11-5-6-16-7-11/h1-4,8,10-11,16H,5-7,9H2. The summed E-state index contributed by atoms with van der Waals surface area (Å²) < 4.78 is 2.21. The molecule has 3 nitrogen and oxygen atoms in total. The minimum Gasteiger partial charge on any atom is -0.330 e. The van der Waals surface area contributed by atoms with E-state index in [1.165, 1.54) is 12.1 Å². The Bertz CT molecular complexity index is 529. The zero-order chi connectivity index (χ0) is 12.4. The third-order valence-corrected chi connectivity index (χ3v) is 3.89. The van der Waals surface area contributed by atoms with Crippen LogP contribution in [0.15, 0.2) is 36.8 Å². The first-order chi connectivity index (χ1) is 8.84. The van der Waals surface area contributed by atoms with E-state index in [2.05, 4.69) is 20.9 Å². The van der Waals surface area contributed by atoms with Gasteiger partial charge in [0.15, 0.2) is 0 Å². The van der Waals surface area contributed by atoms with Crippen LogP contribution in [0.1, 0.15) is 23.6 Å². The predicted molar refractivity (Wildman–Crippen MR) is 73.0 cm³/mol. The van der Waals surface area contributed by atoms with Gasteiger partial charge in [-0.15, -0.1) is 0 Å². The third-order valence-electron chi connectivity index (χ3n) is 3.52. The maximum atomic E-state index is 6.21. The molecule has 0 spiro atoms. The van der Waals surface area contributed by atoms with E-state index in [0.717, 1.165) is 30.2 Å². The summed E-state index contributed by atoms with van der Waals surface area (Å²) >= 11 is 6.21. The van der Waals surface area contributed by atoms with Gasteiger partial charge >= 0.3 is 0 Å². The van der Waals surface area contributed by atoms with Crippen molar-refractivity contribution in [3.05, 3.63) is 53.1 Å². The first kappa shape index (κ1) is 11.8. The van der Waals surface area contributed by atoms with Gasteiger partial charge in [0.05, 0.1) is 12.9 Å². The number of imidazole rings is 1. The molecule has 0 radical (unpaired) electrons. The van der Waals surface area contributed by atoms with Crippen LogP contribution in [0.4, 0.5) is 0 Å². The molecule has 0 bridgehead atoms. The van der Waals surface area contributed by atoms with Crippen LogP contribution in [0.5, 0.6) is 0 Å². The highest BCUT2D eigenvalue weighted by molar-refractivity contribution is 6.31. The molecule has 1 saturated heterocycles. The first-order valence-corrected chi connectivity index (χ1v) is 6.66. The van der Waals surface area contributed by atoms with Gasteiger partial charge in [0.25, 0.3) is 0 Å². The molecular formula is C14H16ClN3. The molecule has 1 aromatic carbocycles. The van der Waals surface area contributed by atoms with E-state index >= 15 is 0 Å². The highest BCUT2D eigenvalue weighted by Gasteiger charge is 2.20. The van der Waals surface area contributed by atoms with Gasteiger partial charge in [-0.1, -0.05) is 29.8 Å². The molecule has 1 fully saturated rings. The number of rotatable bonds is 3. The van der Waals surface area contributed by atoms with Gasteiger partial charge < -0.3 is 9.88 Å². The summed E-state index contributed by atoms with van der Waals surface area (Å²) in [6, 6.07) is 7.99. The van der Waals surface area contributed by atoms with Crippen LogP contribution < -0.4 is 5.32 Å². The maximum absolute atomic E-state index is 6.21. The summed E-state index contributed by atoms with van der Waals surface area (Å²) in [5.41, 5.74) is 2.45. The normalized spacial score (nSPS) is 19.3. The SMILES string of the molecule is Clc1ccccc1Cn1cncc1C1CCNC1. The third kappa shape index (κ3) is 2.28. The molecule has 1 N–H and O–H groups in total. The molecule has 1 unspecified atom stereocenters. The monoisotopic (exact) mass is 261 g/mol. The Morgan fingerprint density at radius 1 is 1.39 bits per heavy atom. The van der Waals surface area contributed by atoms with Gasteiger partial charge in [0.1, 0.15) is 0 Å². The molecule has 1 aliphatic heterocycles. The van der Waals surface area contributed by atoms with Crippen LogP contribution in [0.3, 0.4) is 0 Å². The lowest BCUT2D eigenvalue weighted by Crippen LogP contribution is -2.12. The molecule has 3 rings (SSSR count). The molecule has 0 aliphatic carbocycles. The number of nitrogens with one attached hydrogen (secondary N) is 1. The Labute approximate surface area is 112 Å². The summed E-state index contributed by atoms with van der Waals surface area (Å²) in [6.07, 6.45) is 5.07. The summed E-state index contributed by atoms with van der Waals surface area (Å²) in [7, 11) is 0. The highest BCUT2D eigenvalue weighted by Crippen LogP contribution is 2.24. The summed E-state index contributed by atoms with van der Waals surface area (Å²) in [6.45, 7) is 2.95. The van der Waals surface area contributed by atoms with Crippen LogP contribution in [0.25, 0.3) is 0 Å². The van der Waals surface area contributed by atoms with E-state index in [1.807, 2.05) is 30.7 Å². The van der Waals surface area contributed by atoms with E-state index in [9.17, 15) is 0 Å². The van der Waals surface area contributed by atoms with Crippen molar-refractivity contribution in [3.8, 4) is 0 Å². The van der Waals surface area contributed by atoms with Crippen LogP contribution in [0, 0.1) is 0 Å². The molecule has 1 aliphatic rings. The average molecular weight is 262 g/mol. The van der Waals surface area contributed by atoms with Gasteiger partial charge in [-0.05, 0) is 24.6 Å². The number of aromatic nitrogens is 2. The fourth-order valence-electron chi connectivity index (χ4n) is 2.52. The van der Waals surface area contributed by atoms with E-state index in [4.69, 9.17) is 11.6 Å². The molecule has 0 amide bonds. The van der Waals surface area contributed by atoms with Crippen molar-refractivity contribution >= 4 is 11.6 Å². The fraction of sp³-hybridized carbons (Fsp3) is 0.357. The minimum atomic E-state index is 0.579. The Kier molecular flexibility index (Phi) is 3.35. The van der Waals surface area contributed by atoms with Crippen molar-refractivity contribution in [2.24, 2.45) is 0 Å². The second-order valence-electron chi connectivity index (χ2n) is 4.73. The Balaban J connectivity index is 1.85. The van der Waals surface area contributed by atoms with Gasteiger partial charge in [-0.3, -0.25) is 0 Å². The van der Waals surface area contributed by atoms with Crippen LogP contribution in [-0.2, 0) is 6.54 Å². The number of halogens is 1. The maximum Gasteiger partial charge on any atom is 0.0951 e. The van der Waals surface area contributed by atoms with E-state index in [1.54, 1.807) is 0 Å². The van der Waals surface area contributed by atoms with Crippen LogP contribution >= 0.6 is 11.6 Å². The van der Waals surface area contributed by atoms with Crippen molar-refractivity contribution < 1.29 is 0 Å². The predicted octanol–water partition coefficient (Wildman–Crippen LogP) is 2.66. The van der Waals surface area contributed by atoms with Crippen LogP contribution in [-0.4, -0.2) is 22.6 Å². The molecule has 4 heteroatoms. The van der Waals surface area contributed by atoms with Gasteiger partial charge in [0.2, 0.25) is 0 Å². The zero-order valence-electron chi connectivity index (χ0n) is 10.1. The van der Waals surface area contributed by atoms with E-state index in [0.29, 0.717) is 5.92 Å². The number of hydrogen-bond acceptors (Lipinski definition) is 2. The average Bonchev–Trinajstić information content (AvgIpc) is 3.02. The van der Waals surface area contributed by atoms with Crippen molar-refractivity contribution in [3.63, 3.8) is 0 Å². The fourth-order valence-corrected chi connectivity index (χ4v) is 2.72. The van der Waals surface area contributed by atoms with E-state index < -0.39 is 0 Å². The van der Waals surface area contributed by atoms with Gasteiger partial charge in [0, 0.05) is 29.4 Å². The molecular weight excluding hydrogens is 246 g/mol. The van der Waals surface area contributed by atoms with E-state index in [-0.39, 0.29) is 0 Å². The van der Waals surface area contributed by atoms with Gasteiger partial charge in [-0.25, -0.2) is 4.98 Å². The molecule has 0 saturated carbocycles. The first-order valence-electron chi connectivity index (χ1n) is 6.29. The summed E-state index contributed by atoms with van der Waals surface area (Å²) in [5.74, 6) is 0.579. The second-order valence-corrected chi connectivity index (χ2v) is 5.13. The molecule has 1 aromatic heterocycles. The van der Waals surface area contributed by atoms with Crippen LogP contribution in [0.2, 0.25) is 5.02 Å². The minimum absolute atomic E-state index is 0.579. The number of hydrogen-bond donors (Lipinski definition) is 1. The van der Waals surface area contributed by atoms with Crippen molar-refractivity contribution in [2.45, 2.75) is 18.9 Å². The molecule has 2 aromatic rings. The summed E-state index contributed by atoms with van der Waals surface area (Å²) in [4.78, 5) is 4.28. The highest BCUT2D eigenvalue weighted by atomic mass is 35.5. The Hall–Kier alpha value is -1.32.